The van der Waals surface area contributed by atoms with Gasteiger partial charge >= 0.3 is 0 Å². The highest BCUT2D eigenvalue weighted by atomic mass is 32.2. The van der Waals surface area contributed by atoms with Crippen LogP contribution in [-0.2, 0) is 16.3 Å². The van der Waals surface area contributed by atoms with Crippen molar-refractivity contribution in [2.45, 2.75) is 11.3 Å². The summed E-state index contributed by atoms with van der Waals surface area (Å²) in [5.74, 6) is 0.464. The first-order valence-corrected chi connectivity index (χ1v) is 9.00. The molecule has 2 aromatic carbocycles. The Morgan fingerprint density at radius 3 is 2.43 bits per heavy atom. The normalized spacial score (nSPS) is 11.0. The van der Waals surface area contributed by atoms with Crippen LogP contribution in [0.5, 0.6) is 5.75 Å². The third kappa shape index (κ3) is 4.82. The van der Waals surface area contributed by atoms with Crippen molar-refractivity contribution in [1.82, 2.24) is 5.32 Å². The number of ether oxygens (including phenoxy) is 1. The van der Waals surface area contributed by atoms with Gasteiger partial charge in [0.25, 0.3) is 5.91 Å². The molecule has 1 amide bonds. The molecule has 0 radical (unpaired) electrons. The summed E-state index contributed by atoms with van der Waals surface area (Å²) in [6.07, 6.45) is 1.80. The van der Waals surface area contributed by atoms with Crippen molar-refractivity contribution in [2.24, 2.45) is 0 Å². The van der Waals surface area contributed by atoms with E-state index in [0.717, 1.165) is 5.56 Å². The summed E-state index contributed by atoms with van der Waals surface area (Å²) < 4.78 is 27.9. The van der Waals surface area contributed by atoms with Gasteiger partial charge in [-0.15, -0.1) is 0 Å². The van der Waals surface area contributed by atoms with Crippen LogP contribution in [0.3, 0.4) is 0 Å². The molecule has 0 spiro atoms. The van der Waals surface area contributed by atoms with Crippen LogP contribution in [0.15, 0.2) is 53.4 Å². The van der Waals surface area contributed by atoms with Crippen LogP contribution in [0.1, 0.15) is 15.9 Å². The minimum absolute atomic E-state index is 0.170. The first-order chi connectivity index (χ1) is 10.9. The van der Waals surface area contributed by atoms with E-state index in [4.69, 9.17) is 4.74 Å². The van der Waals surface area contributed by atoms with Crippen LogP contribution in [0, 0.1) is 0 Å². The van der Waals surface area contributed by atoms with Crippen molar-refractivity contribution in [3.63, 3.8) is 0 Å². The Morgan fingerprint density at radius 2 is 1.83 bits per heavy atom. The topological polar surface area (TPSA) is 72.5 Å². The Balaban J connectivity index is 1.90. The molecule has 2 rings (SSSR count). The molecule has 6 heteroatoms. The van der Waals surface area contributed by atoms with Crippen molar-refractivity contribution in [1.29, 1.82) is 0 Å². The number of nitrogens with one attached hydrogen (secondary N) is 1. The first-order valence-electron chi connectivity index (χ1n) is 7.11. The molecule has 0 unspecified atom stereocenters. The maximum atomic E-state index is 12.0. The Hall–Kier alpha value is -2.34. The summed E-state index contributed by atoms with van der Waals surface area (Å²) in [5.41, 5.74) is 1.50. The molecule has 122 valence electrons. The molecular weight excluding hydrogens is 314 g/mol. The molecule has 2 aromatic rings. The zero-order chi connectivity index (χ0) is 16.9. The highest BCUT2D eigenvalue weighted by Crippen LogP contribution is 2.13. The number of rotatable bonds is 6. The van der Waals surface area contributed by atoms with E-state index in [-0.39, 0.29) is 5.91 Å². The van der Waals surface area contributed by atoms with Crippen LogP contribution >= 0.6 is 0 Å². The first kappa shape index (κ1) is 17.0. The number of amides is 1. The second kappa shape index (κ2) is 7.28. The van der Waals surface area contributed by atoms with E-state index in [1.807, 2.05) is 0 Å². The third-order valence-corrected chi connectivity index (χ3v) is 4.51. The van der Waals surface area contributed by atoms with E-state index in [1.54, 1.807) is 55.6 Å². The van der Waals surface area contributed by atoms with Gasteiger partial charge in [-0.25, -0.2) is 8.42 Å². The molecule has 0 aliphatic carbocycles. The summed E-state index contributed by atoms with van der Waals surface area (Å²) in [7, 11) is -1.63. The molecule has 0 aliphatic rings. The smallest absolute Gasteiger partial charge is 0.251 e. The quantitative estimate of drug-likeness (QED) is 0.878. The van der Waals surface area contributed by atoms with Gasteiger partial charge in [-0.1, -0.05) is 18.2 Å². The number of hydrogen-bond donors (Lipinski definition) is 1. The van der Waals surface area contributed by atoms with Gasteiger partial charge in [-0.05, 0) is 42.3 Å². The number of carbonyl (C=O) groups is 1. The maximum absolute atomic E-state index is 12.0. The average molecular weight is 333 g/mol. The van der Waals surface area contributed by atoms with Crippen molar-refractivity contribution >= 4 is 15.7 Å². The van der Waals surface area contributed by atoms with Crippen LogP contribution in [0.2, 0.25) is 0 Å². The molecule has 0 heterocycles. The zero-order valence-corrected chi connectivity index (χ0v) is 13.9. The van der Waals surface area contributed by atoms with Crippen LogP contribution < -0.4 is 10.1 Å². The van der Waals surface area contributed by atoms with E-state index in [2.05, 4.69) is 5.32 Å². The molecule has 0 bridgehead atoms. The molecule has 1 N–H and O–H groups in total. The molecule has 0 saturated heterocycles. The molecule has 0 atom stereocenters. The molecule has 23 heavy (non-hydrogen) atoms. The molecular formula is C17H19NO4S. The number of sulfone groups is 1. The van der Waals surface area contributed by atoms with Crippen LogP contribution in [0.4, 0.5) is 0 Å². The number of methoxy groups -OCH3 is 1. The average Bonchev–Trinajstić information content (AvgIpc) is 2.54. The number of hydrogen-bond acceptors (Lipinski definition) is 4. The van der Waals surface area contributed by atoms with Crippen LogP contribution in [-0.4, -0.2) is 34.2 Å². The van der Waals surface area contributed by atoms with E-state index in [1.165, 1.54) is 6.26 Å². The number of carbonyl (C=O) groups excluding carboxylic acids is 1. The van der Waals surface area contributed by atoms with Crippen molar-refractivity contribution in [2.75, 3.05) is 19.9 Å². The summed E-state index contributed by atoms with van der Waals surface area (Å²) in [4.78, 5) is 12.3. The van der Waals surface area contributed by atoms with Crippen molar-refractivity contribution in [3.8, 4) is 5.75 Å². The second-order valence-corrected chi connectivity index (χ2v) is 7.17. The number of benzene rings is 2. The largest absolute Gasteiger partial charge is 0.497 e. The lowest BCUT2D eigenvalue weighted by molar-refractivity contribution is 0.0954. The fourth-order valence-corrected chi connectivity index (χ4v) is 2.72. The van der Waals surface area contributed by atoms with Crippen molar-refractivity contribution in [3.05, 3.63) is 59.7 Å². The Bertz CT molecular complexity index is 782. The Morgan fingerprint density at radius 1 is 1.13 bits per heavy atom. The summed E-state index contributed by atoms with van der Waals surface area (Å²) in [6.45, 7) is 0.467. The standard InChI is InChI=1S/C17H19NO4S/c1-22-15-5-3-4-14(12-15)17(19)18-11-10-13-6-8-16(9-7-13)23(2,20)21/h3-9,12H,10-11H2,1-2H3,(H,18,19). The highest BCUT2D eigenvalue weighted by Gasteiger charge is 2.08. The Kier molecular flexibility index (Phi) is 5.39. The lowest BCUT2D eigenvalue weighted by Crippen LogP contribution is -2.25. The molecule has 0 fully saturated rings. The SMILES string of the molecule is COc1cccc(C(=O)NCCc2ccc(S(C)(=O)=O)cc2)c1. The fraction of sp³-hybridized carbons (Fsp3) is 0.235. The second-order valence-electron chi connectivity index (χ2n) is 5.15. The minimum atomic E-state index is -3.18. The molecule has 0 aromatic heterocycles. The van der Waals surface area contributed by atoms with Gasteiger partial charge in [0.05, 0.1) is 12.0 Å². The summed E-state index contributed by atoms with van der Waals surface area (Å²) in [5, 5.41) is 2.83. The minimum Gasteiger partial charge on any atom is -0.497 e. The predicted molar refractivity (Wildman–Crippen MR) is 88.6 cm³/mol. The summed E-state index contributed by atoms with van der Waals surface area (Å²) >= 11 is 0. The van der Waals surface area contributed by atoms with Gasteiger partial charge in [0.15, 0.2) is 9.84 Å². The van der Waals surface area contributed by atoms with Gasteiger partial charge < -0.3 is 10.1 Å². The van der Waals surface area contributed by atoms with Gasteiger partial charge in [-0.2, -0.15) is 0 Å². The lowest BCUT2D eigenvalue weighted by Gasteiger charge is -2.07. The predicted octanol–water partition coefficient (Wildman–Crippen LogP) is 2.07. The lowest BCUT2D eigenvalue weighted by atomic mass is 10.1. The van der Waals surface area contributed by atoms with Gasteiger partial charge in [0.2, 0.25) is 0 Å². The van der Waals surface area contributed by atoms with Gasteiger partial charge in [-0.3, -0.25) is 4.79 Å². The fourth-order valence-electron chi connectivity index (χ4n) is 2.09. The van der Waals surface area contributed by atoms with Crippen LogP contribution in [0.25, 0.3) is 0 Å². The van der Waals surface area contributed by atoms with Gasteiger partial charge in [0, 0.05) is 18.4 Å². The molecule has 0 aliphatic heterocycles. The van der Waals surface area contributed by atoms with E-state index in [0.29, 0.717) is 29.2 Å². The monoisotopic (exact) mass is 333 g/mol. The molecule has 0 saturated carbocycles. The van der Waals surface area contributed by atoms with E-state index >= 15 is 0 Å². The third-order valence-electron chi connectivity index (χ3n) is 3.38. The van der Waals surface area contributed by atoms with Gasteiger partial charge in [0.1, 0.15) is 5.75 Å². The highest BCUT2D eigenvalue weighted by molar-refractivity contribution is 7.90. The summed E-state index contributed by atoms with van der Waals surface area (Å²) in [6, 6.07) is 13.6. The maximum Gasteiger partial charge on any atom is 0.251 e. The van der Waals surface area contributed by atoms with Crippen molar-refractivity contribution < 1.29 is 17.9 Å². The van der Waals surface area contributed by atoms with E-state index in [9.17, 15) is 13.2 Å². The Labute approximate surface area is 136 Å². The zero-order valence-electron chi connectivity index (χ0n) is 13.1. The van der Waals surface area contributed by atoms with E-state index < -0.39 is 9.84 Å². The molecule has 5 nitrogen and oxygen atoms in total.